The van der Waals surface area contributed by atoms with Crippen LogP contribution >= 0.6 is 11.6 Å². The Morgan fingerprint density at radius 2 is 1.95 bits per heavy atom. The van der Waals surface area contributed by atoms with Crippen LogP contribution in [0.5, 0.6) is 0 Å². The maximum atomic E-state index is 6.26. The number of hydrogen-bond donors (Lipinski definition) is 1. The Hall–Kier alpha value is -0.570. The van der Waals surface area contributed by atoms with Crippen molar-refractivity contribution in [1.29, 1.82) is 0 Å². The molecule has 108 valence electrons. The first-order valence-electron chi connectivity index (χ1n) is 7.21. The lowest BCUT2D eigenvalue weighted by molar-refractivity contribution is 0.0132. The van der Waals surface area contributed by atoms with Gasteiger partial charge in [-0.2, -0.15) is 0 Å². The number of halogens is 1. The highest BCUT2D eigenvalue weighted by Crippen LogP contribution is 2.29. The standard InChI is InChI=1S/C16H26ClNO/c1-4-8-12(3)11-19-16(15(18)5-2)13-9-6-7-10-14(13)17/h6-7,9-10,12,15-16H,4-5,8,11,18H2,1-3H3. The first-order valence-corrected chi connectivity index (χ1v) is 7.59. The Labute approximate surface area is 122 Å². The van der Waals surface area contributed by atoms with Gasteiger partial charge in [-0.3, -0.25) is 0 Å². The van der Waals surface area contributed by atoms with E-state index in [1.54, 1.807) is 0 Å². The minimum Gasteiger partial charge on any atom is -0.372 e. The summed E-state index contributed by atoms with van der Waals surface area (Å²) in [4.78, 5) is 0. The molecule has 3 heteroatoms. The van der Waals surface area contributed by atoms with Gasteiger partial charge in [0.05, 0.1) is 12.7 Å². The summed E-state index contributed by atoms with van der Waals surface area (Å²) in [5.74, 6) is 0.555. The minimum atomic E-state index is -0.113. The van der Waals surface area contributed by atoms with E-state index >= 15 is 0 Å². The molecule has 0 fully saturated rings. The highest BCUT2D eigenvalue weighted by molar-refractivity contribution is 6.31. The second-order valence-electron chi connectivity index (χ2n) is 5.24. The fraction of sp³-hybridized carbons (Fsp3) is 0.625. The highest BCUT2D eigenvalue weighted by atomic mass is 35.5. The second-order valence-corrected chi connectivity index (χ2v) is 5.65. The lowest BCUT2D eigenvalue weighted by atomic mass is 10.00. The summed E-state index contributed by atoms with van der Waals surface area (Å²) in [6, 6.07) is 7.79. The van der Waals surface area contributed by atoms with Crippen LogP contribution in [0, 0.1) is 5.92 Å². The third kappa shape index (κ3) is 5.13. The summed E-state index contributed by atoms with van der Waals surface area (Å²) in [5.41, 5.74) is 7.20. The Morgan fingerprint density at radius 3 is 2.53 bits per heavy atom. The van der Waals surface area contributed by atoms with Gasteiger partial charge in [0.2, 0.25) is 0 Å². The number of nitrogens with two attached hydrogens (primary N) is 1. The van der Waals surface area contributed by atoms with E-state index < -0.39 is 0 Å². The molecule has 0 heterocycles. The van der Waals surface area contributed by atoms with Gasteiger partial charge in [-0.05, 0) is 24.8 Å². The Kier molecular flexibility index (Phi) is 7.44. The van der Waals surface area contributed by atoms with Crippen molar-refractivity contribution in [2.45, 2.75) is 52.2 Å². The number of benzene rings is 1. The molecule has 0 aliphatic heterocycles. The van der Waals surface area contributed by atoms with Crippen LogP contribution in [0.1, 0.15) is 51.7 Å². The van der Waals surface area contributed by atoms with Gasteiger partial charge in [0.15, 0.2) is 0 Å². The molecule has 0 aliphatic rings. The van der Waals surface area contributed by atoms with E-state index in [9.17, 15) is 0 Å². The molecule has 19 heavy (non-hydrogen) atoms. The van der Waals surface area contributed by atoms with Gasteiger partial charge in [0.25, 0.3) is 0 Å². The van der Waals surface area contributed by atoms with Crippen LogP contribution in [0.25, 0.3) is 0 Å². The zero-order chi connectivity index (χ0) is 14.3. The van der Waals surface area contributed by atoms with Gasteiger partial charge in [-0.1, -0.05) is 57.0 Å². The summed E-state index contributed by atoms with van der Waals surface area (Å²) >= 11 is 6.26. The molecular weight excluding hydrogens is 258 g/mol. The third-order valence-corrected chi connectivity index (χ3v) is 3.76. The van der Waals surface area contributed by atoms with Crippen molar-refractivity contribution < 1.29 is 4.74 Å². The topological polar surface area (TPSA) is 35.2 Å². The fourth-order valence-electron chi connectivity index (χ4n) is 2.21. The van der Waals surface area contributed by atoms with Crippen molar-refractivity contribution in [3.8, 4) is 0 Å². The summed E-state index contributed by atoms with van der Waals surface area (Å²) in [6.45, 7) is 7.22. The van der Waals surface area contributed by atoms with Gasteiger partial charge >= 0.3 is 0 Å². The summed E-state index contributed by atoms with van der Waals surface area (Å²) in [6.07, 6.45) is 3.12. The summed E-state index contributed by atoms with van der Waals surface area (Å²) in [7, 11) is 0. The molecule has 1 rings (SSSR count). The van der Waals surface area contributed by atoms with Crippen LogP contribution in [0.3, 0.4) is 0 Å². The molecule has 0 aromatic heterocycles. The molecule has 0 saturated heterocycles. The third-order valence-electron chi connectivity index (χ3n) is 3.41. The zero-order valence-corrected chi connectivity index (χ0v) is 13.0. The number of hydrogen-bond acceptors (Lipinski definition) is 2. The Morgan fingerprint density at radius 1 is 1.26 bits per heavy atom. The lowest BCUT2D eigenvalue weighted by Crippen LogP contribution is -2.30. The van der Waals surface area contributed by atoms with Crippen LogP contribution in [0.2, 0.25) is 5.02 Å². The van der Waals surface area contributed by atoms with Crippen molar-refractivity contribution in [3.05, 3.63) is 34.9 Å². The molecule has 2 nitrogen and oxygen atoms in total. The van der Waals surface area contributed by atoms with Gasteiger partial charge in [-0.15, -0.1) is 0 Å². The largest absolute Gasteiger partial charge is 0.372 e. The average Bonchev–Trinajstić information content (AvgIpc) is 2.40. The van der Waals surface area contributed by atoms with Crippen LogP contribution in [0.4, 0.5) is 0 Å². The molecule has 0 amide bonds. The molecule has 0 radical (unpaired) electrons. The molecular formula is C16H26ClNO. The molecule has 0 aliphatic carbocycles. The highest BCUT2D eigenvalue weighted by Gasteiger charge is 2.22. The molecule has 0 bridgehead atoms. The minimum absolute atomic E-state index is 0.0197. The van der Waals surface area contributed by atoms with Crippen molar-refractivity contribution in [2.75, 3.05) is 6.61 Å². The number of ether oxygens (including phenoxy) is 1. The molecule has 3 unspecified atom stereocenters. The Balaban J connectivity index is 2.76. The van der Waals surface area contributed by atoms with E-state index in [4.69, 9.17) is 22.1 Å². The predicted octanol–water partition coefficient (Wildman–Crippen LogP) is 4.57. The summed E-state index contributed by atoms with van der Waals surface area (Å²) in [5, 5.41) is 0.736. The average molecular weight is 284 g/mol. The van der Waals surface area contributed by atoms with Crippen LogP contribution < -0.4 is 5.73 Å². The number of rotatable bonds is 8. The maximum Gasteiger partial charge on any atom is 0.0990 e. The van der Waals surface area contributed by atoms with Gasteiger partial charge in [0.1, 0.15) is 0 Å². The molecule has 2 N–H and O–H groups in total. The Bertz CT molecular complexity index is 370. The molecule has 0 spiro atoms. The maximum absolute atomic E-state index is 6.26. The van der Waals surface area contributed by atoms with Gasteiger partial charge < -0.3 is 10.5 Å². The van der Waals surface area contributed by atoms with E-state index in [1.165, 1.54) is 12.8 Å². The van der Waals surface area contributed by atoms with E-state index in [0.29, 0.717) is 5.92 Å². The van der Waals surface area contributed by atoms with Crippen LogP contribution in [-0.4, -0.2) is 12.6 Å². The molecule has 1 aromatic rings. The first kappa shape index (κ1) is 16.5. The SMILES string of the molecule is CCCC(C)COC(c1ccccc1Cl)C(N)CC. The quantitative estimate of drug-likeness (QED) is 0.758. The molecule has 0 saturated carbocycles. The van der Waals surface area contributed by atoms with E-state index in [0.717, 1.165) is 23.6 Å². The van der Waals surface area contributed by atoms with Crippen LogP contribution in [0.15, 0.2) is 24.3 Å². The molecule has 3 atom stereocenters. The van der Waals surface area contributed by atoms with Crippen molar-refractivity contribution in [2.24, 2.45) is 11.7 Å². The van der Waals surface area contributed by atoms with Crippen molar-refractivity contribution >= 4 is 11.6 Å². The predicted molar refractivity (Wildman–Crippen MR) is 82.5 cm³/mol. The van der Waals surface area contributed by atoms with Gasteiger partial charge in [0, 0.05) is 16.6 Å². The molecule has 1 aromatic carbocycles. The van der Waals surface area contributed by atoms with E-state index in [-0.39, 0.29) is 12.1 Å². The van der Waals surface area contributed by atoms with Crippen LogP contribution in [-0.2, 0) is 4.74 Å². The summed E-state index contributed by atoms with van der Waals surface area (Å²) < 4.78 is 6.07. The second kappa shape index (κ2) is 8.57. The lowest BCUT2D eigenvalue weighted by Gasteiger charge is -2.26. The van der Waals surface area contributed by atoms with Crippen molar-refractivity contribution in [1.82, 2.24) is 0 Å². The first-order chi connectivity index (χ1) is 9.10. The van der Waals surface area contributed by atoms with Gasteiger partial charge in [-0.25, -0.2) is 0 Å². The fourth-order valence-corrected chi connectivity index (χ4v) is 2.45. The van der Waals surface area contributed by atoms with E-state index in [2.05, 4.69) is 20.8 Å². The normalized spacial score (nSPS) is 16.1. The zero-order valence-electron chi connectivity index (χ0n) is 12.2. The smallest absolute Gasteiger partial charge is 0.0990 e. The monoisotopic (exact) mass is 283 g/mol. The van der Waals surface area contributed by atoms with Crippen molar-refractivity contribution in [3.63, 3.8) is 0 Å². The van der Waals surface area contributed by atoms with E-state index in [1.807, 2.05) is 24.3 Å².